The quantitative estimate of drug-likeness (QED) is 0.802. The van der Waals surface area contributed by atoms with Crippen LogP contribution in [0.15, 0.2) is 40.7 Å². The van der Waals surface area contributed by atoms with Gasteiger partial charge in [0, 0.05) is 18.4 Å². The number of imidazole rings is 1. The van der Waals surface area contributed by atoms with Crippen molar-refractivity contribution in [3.63, 3.8) is 0 Å². The molecule has 3 rings (SSSR count). The average molecular weight is 372 g/mol. The molecule has 1 aromatic carbocycles. The fourth-order valence-corrected chi connectivity index (χ4v) is 3.50. The van der Waals surface area contributed by atoms with E-state index in [2.05, 4.69) is 10.1 Å². The first-order chi connectivity index (χ1) is 12.6. The van der Waals surface area contributed by atoms with Crippen LogP contribution in [0.25, 0.3) is 0 Å². The molecule has 1 aliphatic heterocycles. The van der Waals surface area contributed by atoms with Crippen LogP contribution < -0.4 is 9.75 Å². The summed E-state index contributed by atoms with van der Waals surface area (Å²) >= 11 is 1.33. The minimum absolute atomic E-state index is 0.0805. The number of fused-ring (bicyclic) bond motifs is 1. The lowest BCUT2D eigenvalue weighted by Gasteiger charge is -2.22. The molecule has 136 valence electrons. The summed E-state index contributed by atoms with van der Waals surface area (Å²) in [5, 5.41) is 7.00. The van der Waals surface area contributed by atoms with Gasteiger partial charge in [0.05, 0.1) is 6.61 Å². The minimum atomic E-state index is -0.177. The maximum absolute atomic E-state index is 12.3. The van der Waals surface area contributed by atoms with Crippen molar-refractivity contribution in [2.24, 2.45) is 5.10 Å². The van der Waals surface area contributed by atoms with Gasteiger partial charge in [0.1, 0.15) is 22.1 Å². The van der Waals surface area contributed by atoms with E-state index >= 15 is 0 Å². The van der Waals surface area contributed by atoms with Crippen molar-refractivity contribution in [3.8, 4) is 5.75 Å². The number of hydrogen-bond donors (Lipinski definition) is 0. The van der Waals surface area contributed by atoms with Gasteiger partial charge in [-0.2, -0.15) is 10.1 Å². The van der Waals surface area contributed by atoms with Gasteiger partial charge in [-0.1, -0.05) is 13.8 Å². The molecular formula is C18H20N4O3S. The molecule has 0 saturated carbocycles. The van der Waals surface area contributed by atoms with Gasteiger partial charge in [-0.15, -0.1) is 0 Å². The topological polar surface area (TPSA) is 76.8 Å². The number of hydrogen-bond acceptors (Lipinski definition) is 6. The van der Waals surface area contributed by atoms with E-state index in [1.54, 1.807) is 13.8 Å². The second kappa shape index (κ2) is 7.74. The second-order valence-corrected chi connectivity index (χ2v) is 6.49. The highest BCUT2D eigenvalue weighted by atomic mass is 32.2. The van der Waals surface area contributed by atoms with Crippen LogP contribution in [0.4, 0.5) is 5.82 Å². The maximum atomic E-state index is 12.3. The lowest BCUT2D eigenvalue weighted by molar-refractivity contribution is -0.118. The molecule has 7 nitrogen and oxygen atoms in total. The Balaban J connectivity index is 2.01. The fraction of sp³-hybridized carbons (Fsp3) is 0.333. The van der Waals surface area contributed by atoms with E-state index in [4.69, 9.17) is 4.74 Å². The van der Waals surface area contributed by atoms with Crippen molar-refractivity contribution in [1.82, 2.24) is 9.55 Å². The van der Waals surface area contributed by atoms with Crippen molar-refractivity contribution in [3.05, 3.63) is 36.2 Å². The molecule has 0 atom stereocenters. The number of anilines is 1. The lowest BCUT2D eigenvalue weighted by atomic mass is 10.2. The van der Waals surface area contributed by atoms with E-state index in [1.165, 1.54) is 27.7 Å². The largest absolute Gasteiger partial charge is 0.494 e. The number of hydrazone groups is 1. The summed E-state index contributed by atoms with van der Waals surface area (Å²) in [5.41, 5.74) is 0.842. The number of amides is 1. The van der Waals surface area contributed by atoms with Crippen LogP contribution in [0.5, 0.6) is 5.75 Å². The molecule has 2 aromatic rings. The first kappa shape index (κ1) is 18.2. The van der Waals surface area contributed by atoms with Crippen molar-refractivity contribution in [2.75, 3.05) is 11.6 Å². The Hall–Kier alpha value is -2.61. The number of carbonyl (C=O) groups is 2. The molecule has 8 heteroatoms. The second-order valence-electron chi connectivity index (χ2n) is 5.51. The number of carbonyl (C=O) groups excluding carboxylic acids is 2. The van der Waals surface area contributed by atoms with E-state index in [-0.39, 0.29) is 11.8 Å². The molecule has 0 unspecified atom stereocenters. The van der Waals surface area contributed by atoms with Crippen LogP contribution in [-0.4, -0.2) is 33.0 Å². The van der Waals surface area contributed by atoms with E-state index in [0.717, 1.165) is 11.3 Å². The number of ether oxygens (including phenoxy) is 1. The standard InChI is InChI=1S/C18H20N4O3S/c1-4-14(23)21-11-19-16-18(21)26-17(20-22(16)15(24)5-2)12-7-9-13(10-8-12)25-6-3/h7-11H,4-6H2,1-3H3. The molecule has 1 aromatic heterocycles. The van der Waals surface area contributed by atoms with Crippen molar-refractivity contribution >= 4 is 34.4 Å². The van der Waals surface area contributed by atoms with Crippen LogP contribution in [-0.2, 0) is 4.79 Å². The molecule has 0 saturated heterocycles. The molecule has 0 spiro atoms. The van der Waals surface area contributed by atoms with Gasteiger partial charge in [0.25, 0.3) is 0 Å². The Morgan fingerprint density at radius 2 is 1.77 bits per heavy atom. The summed E-state index contributed by atoms with van der Waals surface area (Å²) in [7, 11) is 0. The number of benzene rings is 1. The molecule has 1 amide bonds. The van der Waals surface area contributed by atoms with Gasteiger partial charge in [-0.05, 0) is 43.0 Å². The molecular weight excluding hydrogens is 352 g/mol. The highest BCUT2D eigenvalue weighted by Gasteiger charge is 2.30. The lowest BCUT2D eigenvalue weighted by Crippen LogP contribution is -2.29. The average Bonchev–Trinajstić information content (AvgIpc) is 3.11. The summed E-state index contributed by atoms with van der Waals surface area (Å²) in [6.07, 6.45) is 2.09. The summed E-state index contributed by atoms with van der Waals surface area (Å²) < 4.78 is 6.95. The zero-order valence-corrected chi connectivity index (χ0v) is 15.7. The molecule has 0 radical (unpaired) electrons. The molecule has 26 heavy (non-hydrogen) atoms. The number of thioether (sulfide) groups is 1. The number of aromatic nitrogens is 2. The molecule has 1 aliphatic rings. The van der Waals surface area contributed by atoms with E-state index in [0.29, 0.717) is 35.3 Å². The van der Waals surface area contributed by atoms with Crippen LogP contribution in [0.3, 0.4) is 0 Å². The Morgan fingerprint density at radius 1 is 1.08 bits per heavy atom. The maximum Gasteiger partial charge on any atom is 0.248 e. The van der Waals surface area contributed by atoms with Gasteiger partial charge in [-0.3, -0.25) is 14.2 Å². The predicted octanol–water partition coefficient (Wildman–Crippen LogP) is 3.54. The van der Waals surface area contributed by atoms with Crippen LogP contribution in [0.2, 0.25) is 0 Å². The number of rotatable bonds is 5. The van der Waals surface area contributed by atoms with Gasteiger partial charge in [0.15, 0.2) is 5.82 Å². The Morgan fingerprint density at radius 3 is 2.38 bits per heavy atom. The van der Waals surface area contributed by atoms with E-state index in [9.17, 15) is 9.59 Å². The monoisotopic (exact) mass is 372 g/mol. The smallest absolute Gasteiger partial charge is 0.248 e. The molecule has 0 bridgehead atoms. The Labute approximate surface area is 156 Å². The minimum Gasteiger partial charge on any atom is -0.494 e. The zero-order valence-electron chi connectivity index (χ0n) is 14.9. The third kappa shape index (κ3) is 3.37. The summed E-state index contributed by atoms with van der Waals surface area (Å²) in [6, 6.07) is 7.49. The van der Waals surface area contributed by atoms with E-state index < -0.39 is 0 Å². The summed E-state index contributed by atoms with van der Waals surface area (Å²) in [5.74, 6) is 0.914. The van der Waals surface area contributed by atoms with Gasteiger partial charge in [0.2, 0.25) is 11.8 Å². The number of nitrogens with zero attached hydrogens (tertiary/aromatic N) is 4. The molecule has 0 aliphatic carbocycles. The SMILES string of the molecule is CCOc1ccc(C2=NN(C(=O)CC)c3ncn(C(=O)CC)c3S2)cc1. The highest BCUT2D eigenvalue weighted by molar-refractivity contribution is 8.14. The van der Waals surface area contributed by atoms with Gasteiger partial charge in [-0.25, -0.2) is 4.98 Å². The van der Waals surface area contributed by atoms with Crippen molar-refractivity contribution in [2.45, 2.75) is 38.6 Å². The third-order valence-electron chi connectivity index (χ3n) is 3.81. The van der Waals surface area contributed by atoms with Crippen molar-refractivity contribution < 1.29 is 14.3 Å². The van der Waals surface area contributed by atoms with E-state index in [1.807, 2.05) is 31.2 Å². The van der Waals surface area contributed by atoms with Gasteiger partial charge < -0.3 is 4.74 Å². The first-order valence-corrected chi connectivity index (χ1v) is 9.33. The third-order valence-corrected chi connectivity index (χ3v) is 4.90. The molecule has 2 heterocycles. The molecule has 0 fully saturated rings. The van der Waals surface area contributed by atoms with Crippen LogP contribution in [0.1, 0.15) is 44.0 Å². The van der Waals surface area contributed by atoms with Gasteiger partial charge >= 0.3 is 0 Å². The van der Waals surface area contributed by atoms with Crippen molar-refractivity contribution in [1.29, 1.82) is 0 Å². The predicted molar refractivity (Wildman–Crippen MR) is 101 cm³/mol. The summed E-state index contributed by atoms with van der Waals surface area (Å²) in [6.45, 7) is 6.08. The Bertz CT molecular complexity index is 858. The molecule has 0 N–H and O–H groups in total. The van der Waals surface area contributed by atoms with Crippen LogP contribution >= 0.6 is 11.8 Å². The Kier molecular flexibility index (Phi) is 5.41. The summed E-state index contributed by atoms with van der Waals surface area (Å²) in [4.78, 5) is 28.8. The zero-order chi connectivity index (χ0) is 18.7. The normalized spacial score (nSPS) is 13.2. The highest BCUT2D eigenvalue weighted by Crippen LogP contribution is 2.37. The fourth-order valence-electron chi connectivity index (χ4n) is 2.47. The van der Waals surface area contributed by atoms with Crippen LogP contribution in [0, 0.1) is 0 Å². The first-order valence-electron chi connectivity index (χ1n) is 8.52.